The van der Waals surface area contributed by atoms with E-state index in [2.05, 4.69) is 10.6 Å². The number of anilines is 2. The van der Waals surface area contributed by atoms with E-state index in [1.165, 1.54) is 24.3 Å². The molecule has 1 aliphatic rings. The van der Waals surface area contributed by atoms with Crippen LogP contribution in [0.1, 0.15) is 20.7 Å². The van der Waals surface area contributed by atoms with Gasteiger partial charge in [0.1, 0.15) is 5.82 Å². The third-order valence-corrected chi connectivity index (χ3v) is 5.92. The minimum atomic E-state index is -0.415. The Morgan fingerprint density at radius 3 is 2.17 bits per heavy atom. The van der Waals surface area contributed by atoms with Gasteiger partial charge in [0.25, 0.3) is 11.8 Å². The van der Waals surface area contributed by atoms with Gasteiger partial charge in [-0.2, -0.15) is 0 Å². The molecule has 3 amide bonds. The van der Waals surface area contributed by atoms with Crippen LogP contribution in [0.5, 0.6) is 0 Å². The van der Waals surface area contributed by atoms with E-state index >= 15 is 0 Å². The summed E-state index contributed by atoms with van der Waals surface area (Å²) < 4.78 is 13.1. The van der Waals surface area contributed by atoms with Gasteiger partial charge >= 0.3 is 0 Å². The summed E-state index contributed by atoms with van der Waals surface area (Å²) in [6.45, 7) is 2.26. The Bertz CT molecular complexity index is 1210. The van der Waals surface area contributed by atoms with Gasteiger partial charge in [0.15, 0.2) is 0 Å². The number of para-hydroxylation sites is 1. The Hall–Kier alpha value is -3.75. The molecule has 1 heterocycles. The fourth-order valence-electron chi connectivity index (χ4n) is 3.80. The van der Waals surface area contributed by atoms with Crippen LogP contribution >= 0.6 is 11.6 Å². The van der Waals surface area contributed by atoms with Crippen molar-refractivity contribution in [3.63, 3.8) is 0 Å². The average Bonchev–Trinajstić information content (AvgIpc) is 2.86. The van der Waals surface area contributed by atoms with Crippen molar-refractivity contribution in [1.29, 1.82) is 0 Å². The lowest BCUT2D eigenvalue weighted by Crippen LogP contribution is -2.50. The normalized spacial score (nSPS) is 13.8. The molecule has 0 aliphatic carbocycles. The van der Waals surface area contributed by atoms with E-state index in [0.29, 0.717) is 53.7 Å². The van der Waals surface area contributed by atoms with Crippen LogP contribution < -0.4 is 10.6 Å². The number of carbonyl (C=O) groups is 3. The molecule has 1 saturated heterocycles. The standard InChI is InChI=1S/C26H24ClFN4O3/c27-19-7-5-18(6-8-19)26(35)32-15-13-31(14-16-32)17-24(33)30-23-4-2-1-3-22(23)25(34)29-21-11-9-20(28)10-12-21/h1-12H,13-17H2,(H,29,34)(H,30,33). The number of halogens is 2. The number of nitrogens with zero attached hydrogens (tertiary/aromatic N) is 2. The minimum absolute atomic E-state index is 0.0631. The van der Waals surface area contributed by atoms with Crippen LogP contribution in [-0.4, -0.2) is 60.2 Å². The van der Waals surface area contributed by atoms with Crippen molar-refractivity contribution < 1.29 is 18.8 Å². The zero-order chi connectivity index (χ0) is 24.8. The van der Waals surface area contributed by atoms with E-state index < -0.39 is 11.7 Å². The Labute approximate surface area is 207 Å². The van der Waals surface area contributed by atoms with Gasteiger partial charge in [0, 0.05) is 42.5 Å². The summed E-state index contributed by atoms with van der Waals surface area (Å²) in [5.74, 6) is -1.14. The molecule has 0 radical (unpaired) electrons. The number of piperazine rings is 1. The predicted octanol–water partition coefficient (Wildman–Crippen LogP) is 4.13. The maximum absolute atomic E-state index is 13.1. The molecule has 4 rings (SSSR count). The molecule has 2 N–H and O–H groups in total. The third kappa shape index (κ3) is 6.44. The Morgan fingerprint density at radius 1 is 0.829 bits per heavy atom. The molecule has 0 unspecified atom stereocenters. The van der Waals surface area contributed by atoms with Crippen molar-refractivity contribution in [3.05, 3.63) is 94.8 Å². The summed E-state index contributed by atoms with van der Waals surface area (Å²) >= 11 is 5.89. The molecule has 1 fully saturated rings. The lowest BCUT2D eigenvalue weighted by Gasteiger charge is -2.34. The third-order valence-electron chi connectivity index (χ3n) is 5.67. The van der Waals surface area contributed by atoms with Crippen LogP contribution in [0.25, 0.3) is 0 Å². The lowest BCUT2D eigenvalue weighted by molar-refractivity contribution is -0.117. The van der Waals surface area contributed by atoms with Crippen molar-refractivity contribution in [1.82, 2.24) is 9.80 Å². The predicted molar refractivity (Wildman–Crippen MR) is 133 cm³/mol. The molecule has 0 aromatic heterocycles. The summed E-state index contributed by atoms with van der Waals surface area (Å²) in [6.07, 6.45) is 0. The van der Waals surface area contributed by atoms with Gasteiger partial charge in [0.05, 0.1) is 17.8 Å². The van der Waals surface area contributed by atoms with E-state index in [4.69, 9.17) is 11.6 Å². The summed E-state index contributed by atoms with van der Waals surface area (Å²) in [5, 5.41) is 6.08. The highest BCUT2D eigenvalue weighted by Crippen LogP contribution is 2.18. The van der Waals surface area contributed by atoms with Crippen LogP contribution in [0.15, 0.2) is 72.8 Å². The number of amides is 3. The van der Waals surface area contributed by atoms with Crippen LogP contribution in [0, 0.1) is 5.82 Å². The van der Waals surface area contributed by atoms with Gasteiger partial charge in [-0.3, -0.25) is 19.3 Å². The van der Waals surface area contributed by atoms with E-state index in [0.717, 1.165) is 0 Å². The molecule has 0 spiro atoms. The zero-order valence-electron chi connectivity index (χ0n) is 18.8. The smallest absolute Gasteiger partial charge is 0.257 e. The van der Waals surface area contributed by atoms with E-state index in [1.807, 2.05) is 4.90 Å². The van der Waals surface area contributed by atoms with Crippen LogP contribution in [0.2, 0.25) is 5.02 Å². The first-order valence-corrected chi connectivity index (χ1v) is 11.5. The number of nitrogens with one attached hydrogen (secondary N) is 2. The van der Waals surface area contributed by atoms with Crippen molar-refractivity contribution in [3.8, 4) is 0 Å². The molecular weight excluding hydrogens is 471 g/mol. The fraction of sp³-hybridized carbons (Fsp3) is 0.192. The van der Waals surface area contributed by atoms with Crippen LogP contribution in [0.3, 0.4) is 0 Å². The Morgan fingerprint density at radius 2 is 1.49 bits per heavy atom. The molecule has 35 heavy (non-hydrogen) atoms. The highest BCUT2D eigenvalue weighted by molar-refractivity contribution is 6.30. The zero-order valence-corrected chi connectivity index (χ0v) is 19.6. The molecule has 0 atom stereocenters. The monoisotopic (exact) mass is 494 g/mol. The van der Waals surface area contributed by atoms with Gasteiger partial charge in [-0.15, -0.1) is 0 Å². The molecule has 7 nitrogen and oxygen atoms in total. The number of carbonyl (C=O) groups excluding carboxylic acids is 3. The highest BCUT2D eigenvalue weighted by Gasteiger charge is 2.24. The molecule has 3 aromatic rings. The lowest BCUT2D eigenvalue weighted by atomic mass is 10.1. The van der Waals surface area contributed by atoms with Gasteiger partial charge in [-0.1, -0.05) is 23.7 Å². The second kappa shape index (κ2) is 11.1. The number of rotatable bonds is 6. The Kier molecular flexibility index (Phi) is 7.74. The average molecular weight is 495 g/mol. The second-order valence-electron chi connectivity index (χ2n) is 8.13. The van der Waals surface area contributed by atoms with Crippen LogP contribution in [0.4, 0.5) is 15.8 Å². The first kappa shape index (κ1) is 24.4. The molecule has 0 bridgehead atoms. The van der Waals surface area contributed by atoms with Gasteiger partial charge in [-0.25, -0.2) is 4.39 Å². The summed E-state index contributed by atoms with van der Waals surface area (Å²) in [6, 6.07) is 18.9. The number of benzene rings is 3. The fourth-order valence-corrected chi connectivity index (χ4v) is 3.92. The van der Waals surface area contributed by atoms with E-state index in [9.17, 15) is 18.8 Å². The van der Waals surface area contributed by atoms with Crippen molar-refractivity contribution >= 4 is 40.7 Å². The first-order chi connectivity index (χ1) is 16.9. The van der Waals surface area contributed by atoms with E-state index in [-0.39, 0.29) is 18.4 Å². The quantitative estimate of drug-likeness (QED) is 0.540. The van der Waals surface area contributed by atoms with Crippen molar-refractivity contribution in [2.24, 2.45) is 0 Å². The Balaban J connectivity index is 1.31. The van der Waals surface area contributed by atoms with Crippen molar-refractivity contribution in [2.75, 3.05) is 43.4 Å². The highest BCUT2D eigenvalue weighted by atomic mass is 35.5. The molecular formula is C26H24ClFN4O3. The minimum Gasteiger partial charge on any atom is -0.336 e. The number of hydrogen-bond donors (Lipinski definition) is 2. The maximum atomic E-state index is 13.1. The summed E-state index contributed by atoms with van der Waals surface area (Å²) in [4.78, 5) is 41.8. The van der Waals surface area contributed by atoms with Gasteiger partial charge in [-0.05, 0) is 60.7 Å². The molecule has 180 valence electrons. The second-order valence-corrected chi connectivity index (χ2v) is 8.57. The SMILES string of the molecule is O=C(CN1CCN(C(=O)c2ccc(Cl)cc2)CC1)Nc1ccccc1C(=O)Nc1ccc(F)cc1. The molecule has 0 saturated carbocycles. The van der Waals surface area contributed by atoms with E-state index in [1.54, 1.807) is 53.4 Å². The number of hydrogen-bond acceptors (Lipinski definition) is 4. The molecule has 1 aliphatic heterocycles. The topological polar surface area (TPSA) is 81.8 Å². The molecule has 9 heteroatoms. The van der Waals surface area contributed by atoms with Crippen molar-refractivity contribution in [2.45, 2.75) is 0 Å². The summed E-state index contributed by atoms with van der Waals surface area (Å²) in [5.41, 5.74) is 1.71. The van der Waals surface area contributed by atoms with Gasteiger partial charge in [0.2, 0.25) is 5.91 Å². The van der Waals surface area contributed by atoms with Gasteiger partial charge < -0.3 is 15.5 Å². The maximum Gasteiger partial charge on any atom is 0.257 e. The summed E-state index contributed by atoms with van der Waals surface area (Å²) in [7, 11) is 0. The molecule has 3 aromatic carbocycles. The first-order valence-electron chi connectivity index (χ1n) is 11.1. The largest absolute Gasteiger partial charge is 0.336 e. The van der Waals surface area contributed by atoms with Crippen LogP contribution in [-0.2, 0) is 4.79 Å².